The van der Waals surface area contributed by atoms with Gasteiger partial charge in [-0.25, -0.2) is 13.1 Å². The van der Waals surface area contributed by atoms with Crippen LogP contribution in [0.25, 0.3) is 0 Å². The highest BCUT2D eigenvalue weighted by atomic mass is 35.5. The third kappa shape index (κ3) is 3.72. The van der Waals surface area contributed by atoms with Crippen LogP contribution in [-0.4, -0.2) is 34.2 Å². The smallest absolute Gasteiger partial charge is 0.242 e. The fourth-order valence-corrected chi connectivity index (χ4v) is 3.66. The molecular formula is C13H15ClN2O3S. The Morgan fingerprint density at radius 3 is 2.90 bits per heavy atom. The van der Waals surface area contributed by atoms with Gasteiger partial charge in [-0.15, -0.1) is 0 Å². The minimum absolute atomic E-state index is 0.0457. The SMILES string of the molecule is NCC#Cc1ccc(S(=O)(=O)NC2CCOC2)c(Cl)c1. The average molecular weight is 315 g/mol. The molecule has 7 heteroatoms. The van der Waals surface area contributed by atoms with Gasteiger partial charge in [-0.1, -0.05) is 23.4 Å². The van der Waals surface area contributed by atoms with Gasteiger partial charge in [-0.05, 0) is 24.6 Å². The van der Waals surface area contributed by atoms with Crippen molar-refractivity contribution in [3.8, 4) is 11.8 Å². The van der Waals surface area contributed by atoms with Crippen LogP contribution >= 0.6 is 11.6 Å². The fourth-order valence-electron chi connectivity index (χ4n) is 1.86. The lowest BCUT2D eigenvalue weighted by Crippen LogP contribution is -2.35. The number of nitrogens with one attached hydrogen (secondary N) is 1. The summed E-state index contributed by atoms with van der Waals surface area (Å²) >= 11 is 6.03. The summed E-state index contributed by atoms with van der Waals surface area (Å²) in [7, 11) is -3.65. The summed E-state index contributed by atoms with van der Waals surface area (Å²) in [4.78, 5) is 0.0457. The van der Waals surface area contributed by atoms with Gasteiger partial charge < -0.3 is 10.5 Å². The molecule has 1 aliphatic heterocycles. The van der Waals surface area contributed by atoms with Crippen LogP contribution in [0.4, 0.5) is 0 Å². The van der Waals surface area contributed by atoms with Crippen molar-refractivity contribution in [2.75, 3.05) is 19.8 Å². The highest BCUT2D eigenvalue weighted by molar-refractivity contribution is 7.89. The molecule has 1 fully saturated rings. The maximum absolute atomic E-state index is 12.2. The van der Waals surface area contributed by atoms with Crippen LogP contribution in [0.1, 0.15) is 12.0 Å². The van der Waals surface area contributed by atoms with E-state index in [-0.39, 0.29) is 22.5 Å². The zero-order valence-corrected chi connectivity index (χ0v) is 12.3. The first kappa shape index (κ1) is 15.3. The fraction of sp³-hybridized carbons (Fsp3) is 0.385. The average Bonchev–Trinajstić information content (AvgIpc) is 2.88. The molecule has 3 N–H and O–H groups in total. The Morgan fingerprint density at radius 2 is 2.30 bits per heavy atom. The Balaban J connectivity index is 2.23. The van der Waals surface area contributed by atoms with E-state index in [1.807, 2.05) is 0 Å². The molecule has 0 saturated carbocycles. The Hall–Kier alpha value is -1.10. The van der Waals surface area contributed by atoms with Gasteiger partial charge in [0.15, 0.2) is 0 Å². The molecule has 0 aliphatic carbocycles. The van der Waals surface area contributed by atoms with Crippen LogP contribution in [0.3, 0.4) is 0 Å². The Bertz CT molecular complexity index is 643. The van der Waals surface area contributed by atoms with E-state index >= 15 is 0 Å². The number of nitrogens with two attached hydrogens (primary N) is 1. The lowest BCUT2D eigenvalue weighted by molar-refractivity contribution is 0.192. The number of ether oxygens (including phenoxy) is 1. The third-order valence-corrected chi connectivity index (χ3v) is 4.81. The summed E-state index contributed by atoms with van der Waals surface area (Å²) in [5.74, 6) is 5.49. The van der Waals surface area contributed by atoms with E-state index in [1.165, 1.54) is 12.1 Å². The zero-order valence-electron chi connectivity index (χ0n) is 10.7. The molecule has 1 aromatic rings. The molecule has 1 aliphatic rings. The summed E-state index contributed by atoms with van der Waals surface area (Å²) in [6.45, 7) is 1.19. The highest BCUT2D eigenvalue weighted by Gasteiger charge is 2.25. The van der Waals surface area contributed by atoms with Crippen molar-refractivity contribution in [2.24, 2.45) is 5.73 Å². The molecule has 0 bridgehead atoms. The van der Waals surface area contributed by atoms with Crippen LogP contribution in [0, 0.1) is 11.8 Å². The molecular weight excluding hydrogens is 300 g/mol. The summed E-state index contributed by atoms with van der Waals surface area (Å²) in [5.41, 5.74) is 5.91. The molecule has 1 atom stereocenters. The monoisotopic (exact) mass is 314 g/mol. The van der Waals surface area contributed by atoms with Gasteiger partial charge in [0.05, 0.1) is 18.2 Å². The van der Waals surface area contributed by atoms with Gasteiger partial charge in [0.2, 0.25) is 10.0 Å². The van der Waals surface area contributed by atoms with Gasteiger partial charge in [-0.3, -0.25) is 0 Å². The predicted molar refractivity (Wildman–Crippen MR) is 76.9 cm³/mol. The van der Waals surface area contributed by atoms with Crippen LogP contribution in [0.15, 0.2) is 23.1 Å². The summed E-state index contributed by atoms with van der Waals surface area (Å²) in [6.07, 6.45) is 0.664. The second kappa shape index (κ2) is 6.57. The topological polar surface area (TPSA) is 81.4 Å². The first-order chi connectivity index (χ1) is 9.53. The van der Waals surface area contributed by atoms with Crippen LogP contribution < -0.4 is 10.5 Å². The van der Waals surface area contributed by atoms with Gasteiger partial charge in [0.25, 0.3) is 0 Å². The Morgan fingerprint density at radius 1 is 1.50 bits per heavy atom. The minimum atomic E-state index is -3.65. The molecule has 0 spiro atoms. The quantitative estimate of drug-likeness (QED) is 0.805. The highest BCUT2D eigenvalue weighted by Crippen LogP contribution is 2.23. The maximum atomic E-state index is 12.2. The number of halogens is 1. The lowest BCUT2D eigenvalue weighted by atomic mass is 10.2. The molecule has 108 valence electrons. The van der Waals surface area contributed by atoms with Crippen molar-refractivity contribution in [2.45, 2.75) is 17.4 Å². The second-order valence-electron chi connectivity index (χ2n) is 4.33. The Kier molecular flexibility index (Phi) is 5.02. The van der Waals surface area contributed by atoms with Crippen molar-refractivity contribution in [1.29, 1.82) is 0 Å². The number of hydrogen-bond acceptors (Lipinski definition) is 4. The van der Waals surface area contributed by atoms with Crippen molar-refractivity contribution in [3.05, 3.63) is 28.8 Å². The van der Waals surface area contributed by atoms with Crippen LogP contribution in [0.2, 0.25) is 5.02 Å². The van der Waals surface area contributed by atoms with Crippen LogP contribution in [0.5, 0.6) is 0 Å². The molecule has 0 amide bonds. The number of rotatable bonds is 3. The van der Waals surface area contributed by atoms with Crippen molar-refractivity contribution < 1.29 is 13.2 Å². The maximum Gasteiger partial charge on any atom is 0.242 e. The number of benzene rings is 1. The lowest BCUT2D eigenvalue weighted by Gasteiger charge is -2.12. The predicted octanol–water partition coefficient (Wildman–Crippen LogP) is 0.717. The van der Waals surface area contributed by atoms with E-state index in [0.29, 0.717) is 25.2 Å². The Labute approximate surface area is 123 Å². The van der Waals surface area contributed by atoms with Gasteiger partial charge >= 0.3 is 0 Å². The van der Waals surface area contributed by atoms with E-state index in [0.717, 1.165) is 0 Å². The minimum Gasteiger partial charge on any atom is -0.380 e. The molecule has 20 heavy (non-hydrogen) atoms. The van der Waals surface area contributed by atoms with Crippen molar-refractivity contribution in [1.82, 2.24) is 4.72 Å². The molecule has 1 unspecified atom stereocenters. The van der Waals surface area contributed by atoms with E-state index in [4.69, 9.17) is 22.1 Å². The normalized spacial score (nSPS) is 18.6. The third-order valence-electron chi connectivity index (χ3n) is 2.81. The van der Waals surface area contributed by atoms with Crippen molar-refractivity contribution in [3.63, 3.8) is 0 Å². The standard InChI is InChI=1S/C13H15ClN2O3S/c14-12-8-10(2-1-6-15)3-4-13(12)20(17,18)16-11-5-7-19-9-11/h3-4,8,11,16H,5-7,9,15H2. The first-order valence-corrected chi connectivity index (χ1v) is 7.97. The molecule has 0 aromatic heterocycles. The number of sulfonamides is 1. The van der Waals surface area contributed by atoms with Gasteiger partial charge in [-0.2, -0.15) is 0 Å². The second-order valence-corrected chi connectivity index (χ2v) is 6.42. The van der Waals surface area contributed by atoms with E-state index in [2.05, 4.69) is 16.6 Å². The van der Waals surface area contributed by atoms with E-state index in [1.54, 1.807) is 6.07 Å². The summed E-state index contributed by atoms with van der Waals surface area (Å²) < 4.78 is 32.2. The van der Waals surface area contributed by atoms with Gasteiger partial charge in [0, 0.05) is 18.2 Å². The molecule has 1 heterocycles. The van der Waals surface area contributed by atoms with E-state index < -0.39 is 10.0 Å². The summed E-state index contributed by atoms with van der Waals surface area (Å²) in [6, 6.07) is 4.37. The summed E-state index contributed by atoms with van der Waals surface area (Å²) in [5, 5.41) is 0.139. The van der Waals surface area contributed by atoms with Crippen molar-refractivity contribution >= 4 is 21.6 Å². The first-order valence-electron chi connectivity index (χ1n) is 6.11. The van der Waals surface area contributed by atoms with E-state index in [9.17, 15) is 8.42 Å². The zero-order chi connectivity index (χ0) is 14.6. The molecule has 5 nitrogen and oxygen atoms in total. The largest absolute Gasteiger partial charge is 0.380 e. The van der Waals surface area contributed by atoms with Gasteiger partial charge in [0.1, 0.15) is 4.90 Å². The molecule has 0 radical (unpaired) electrons. The molecule has 1 aromatic carbocycles. The number of hydrogen-bond donors (Lipinski definition) is 2. The molecule has 1 saturated heterocycles. The molecule has 2 rings (SSSR count). The van der Waals surface area contributed by atoms with Crippen LogP contribution in [-0.2, 0) is 14.8 Å².